The number of nitrogens with zero attached hydrogens (tertiary/aromatic N) is 1. The van der Waals surface area contributed by atoms with Crippen LogP contribution < -0.4 is 0 Å². The van der Waals surface area contributed by atoms with Gasteiger partial charge in [-0.1, -0.05) is 11.6 Å². The molecule has 1 aromatic carbocycles. The Kier molecular flexibility index (Phi) is 2.17. The molecule has 0 atom stereocenters. The van der Waals surface area contributed by atoms with Crippen LogP contribution >= 0.6 is 22.9 Å². The predicted molar refractivity (Wildman–Crippen MR) is 56.8 cm³/mol. The van der Waals surface area contributed by atoms with Crippen LogP contribution in [0.2, 0.25) is 5.02 Å². The maximum absolute atomic E-state index is 10.7. The van der Waals surface area contributed by atoms with Gasteiger partial charge in [0.1, 0.15) is 4.70 Å². The van der Waals surface area contributed by atoms with Gasteiger partial charge in [0, 0.05) is 10.8 Å². The van der Waals surface area contributed by atoms with Crippen molar-refractivity contribution in [2.45, 2.75) is 0 Å². The summed E-state index contributed by atoms with van der Waals surface area (Å²) in [6, 6.07) is 1.20. The van der Waals surface area contributed by atoms with E-state index in [0.29, 0.717) is 10.4 Å². The summed E-state index contributed by atoms with van der Waals surface area (Å²) < 4.78 is 0.250. The molecule has 2 N–H and O–H groups in total. The third-order valence-electron chi connectivity index (χ3n) is 1.93. The number of aromatic hydroxyl groups is 2. The van der Waals surface area contributed by atoms with Crippen LogP contribution in [0.3, 0.4) is 0 Å². The quantitative estimate of drug-likeness (QED) is 0.460. The van der Waals surface area contributed by atoms with Crippen molar-refractivity contribution in [2.24, 2.45) is 0 Å². The molecule has 0 fully saturated rings. The minimum absolute atomic E-state index is 0.250. The molecule has 0 unspecified atom stereocenters. The molecular weight excluding hydrogens is 242 g/mol. The summed E-state index contributed by atoms with van der Waals surface area (Å²) in [4.78, 5) is 9.95. The highest BCUT2D eigenvalue weighted by Crippen LogP contribution is 2.46. The van der Waals surface area contributed by atoms with Crippen molar-refractivity contribution in [1.29, 1.82) is 0 Å². The Labute approximate surface area is 92.3 Å². The zero-order valence-corrected chi connectivity index (χ0v) is 8.67. The smallest absolute Gasteiger partial charge is 0.332 e. The number of thiophene rings is 1. The first-order chi connectivity index (χ1) is 7.02. The number of fused-ring (bicyclic) bond motifs is 1. The van der Waals surface area contributed by atoms with E-state index < -0.39 is 22.1 Å². The first kappa shape index (κ1) is 10.0. The molecule has 0 bridgehead atoms. The van der Waals surface area contributed by atoms with Crippen molar-refractivity contribution in [2.75, 3.05) is 0 Å². The van der Waals surface area contributed by atoms with Gasteiger partial charge in [-0.25, -0.2) is 0 Å². The Morgan fingerprint density at radius 3 is 2.73 bits per heavy atom. The molecule has 0 saturated heterocycles. The molecule has 0 saturated carbocycles. The number of phenolic OH excluding ortho intramolecular Hbond substituents is 2. The third-order valence-corrected chi connectivity index (χ3v) is 3.37. The van der Waals surface area contributed by atoms with E-state index in [-0.39, 0.29) is 4.70 Å². The molecular formula is C8H4ClNO4S. The van der Waals surface area contributed by atoms with E-state index in [1.165, 1.54) is 11.4 Å². The van der Waals surface area contributed by atoms with Crippen LogP contribution in [0.15, 0.2) is 11.4 Å². The van der Waals surface area contributed by atoms with Gasteiger partial charge in [0.05, 0.1) is 9.95 Å². The summed E-state index contributed by atoms with van der Waals surface area (Å²) in [5.74, 6) is -1.28. The van der Waals surface area contributed by atoms with Gasteiger partial charge in [-0.2, -0.15) is 0 Å². The molecule has 7 heteroatoms. The fourth-order valence-electron chi connectivity index (χ4n) is 1.27. The van der Waals surface area contributed by atoms with Gasteiger partial charge in [0.15, 0.2) is 5.75 Å². The SMILES string of the molecule is O=[N+]([O-])c1c(O)c(O)cc2c(Cl)csc12. The molecule has 2 aromatic rings. The zero-order chi connectivity index (χ0) is 11.2. The molecule has 0 aliphatic carbocycles. The number of hydrogen-bond acceptors (Lipinski definition) is 5. The Bertz CT molecular complexity index is 565. The molecule has 0 aliphatic rings. The van der Waals surface area contributed by atoms with E-state index in [9.17, 15) is 20.3 Å². The fourth-order valence-corrected chi connectivity index (χ4v) is 2.53. The molecule has 0 radical (unpaired) electrons. The molecule has 1 heterocycles. The fraction of sp³-hybridized carbons (Fsp3) is 0. The van der Waals surface area contributed by atoms with E-state index >= 15 is 0 Å². The number of rotatable bonds is 1. The second kappa shape index (κ2) is 3.25. The molecule has 0 aliphatic heterocycles. The molecule has 15 heavy (non-hydrogen) atoms. The molecule has 5 nitrogen and oxygen atoms in total. The van der Waals surface area contributed by atoms with Gasteiger partial charge in [0.2, 0.25) is 5.75 Å². The van der Waals surface area contributed by atoms with E-state index in [0.717, 1.165) is 11.3 Å². The number of halogens is 1. The molecule has 2 rings (SSSR count). The topological polar surface area (TPSA) is 83.6 Å². The maximum Gasteiger partial charge on any atom is 0.332 e. The van der Waals surface area contributed by atoms with Gasteiger partial charge in [-0.05, 0) is 6.07 Å². The van der Waals surface area contributed by atoms with Crippen LogP contribution in [0, 0.1) is 10.1 Å². The first-order valence-electron chi connectivity index (χ1n) is 3.78. The Morgan fingerprint density at radius 2 is 2.13 bits per heavy atom. The minimum Gasteiger partial charge on any atom is -0.504 e. The number of hydrogen-bond donors (Lipinski definition) is 2. The van der Waals surface area contributed by atoms with Crippen molar-refractivity contribution < 1.29 is 15.1 Å². The van der Waals surface area contributed by atoms with Gasteiger partial charge in [-0.15, -0.1) is 11.3 Å². The lowest BCUT2D eigenvalue weighted by Crippen LogP contribution is -1.89. The number of nitro groups is 1. The second-order valence-electron chi connectivity index (χ2n) is 2.81. The summed E-state index contributed by atoms with van der Waals surface area (Å²) in [6.07, 6.45) is 0. The lowest BCUT2D eigenvalue weighted by atomic mass is 10.2. The van der Waals surface area contributed by atoms with E-state index in [2.05, 4.69) is 0 Å². The van der Waals surface area contributed by atoms with Gasteiger partial charge in [0.25, 0.3) is 0 Å². The highest BCUT2D eigenvalue weighted by Gasteiger charge is 2.24. The maximum atomic E-state index is 10.7. The summed E-state index contributed by atoms with van der Waals surface area (Å²) in [5, 5.41) is 31.5. The monoisotopic (exact) mass is 245 g/mol. The van der Waals surface area contributed by atoms with Gasteiger partial charge in [-0.3, -0.25) is 10.1 Å². The molecule has 0 amide bonds. The van der Waals surface area contributed by atoms with Gasteiger partial charge >= 0.3 is 5.69 Å². The van der Waals surface area contributed by atoms with Crippen LogP contribution in [-0.4, -0.2) is 15.1 Å². The molecule has 0 spiro atoms. The van der Waals surface area contributed by atoms with Crippen molar-refractivity contribution in [3.8, 4) is 11.5 Å². The highest BCUT2D eigenvalue weighted by molar-refractivity contribution is 7.18. The summed E-state index contributed by atoms with van der Waals surface area (Å²) in [6.45, 7) is 0. The normalized spacial score (nSPS) is 10.7. The standard InChI is InChI=1S/C8H4ClNO4S/c9-4-2-15-8-3(4)1-5(11)7(12)6(8)10(13)14/h1-2,11-12H. The molecule has 1 aromatic heterocycles. The van der Waals surface area contributed by atoms with E-state index in [1.807, 2.05) is 0 Å². The number of phenols is 2. The minimum atomic E-state index is -0.746. The van der Waals surface area contributed by atoms with E-state index in [1.54, 1.807) is 0 Å². The second-order valence-corrected chi connectivity index (χ2v) is 4.10. The van der Waals surface area contributed by atoms with Crippen molar-refractivity contribution in [1.82, 2.24) is 0 Å². The van der Waals surface area contributed by atoms with Crippen LogP contribution in [0.5, 0.6) is 11.5 Å². The first-order valence-corrected chi connectivity index (χ1v) is 5.04. The van der Waals surface area contributed by atoms with Crippen LogP contribution in [-0.2, 0) is 0 Å². The third kappa shape index (κ3) is 1.38. The van der Waals surface area contributed by atoms with Crippen LogP contribution in [0.25, 0.3) is 10.1 Å². The number of benzene rings is 1. The Morgan fingerprint density at radius 1 is 1.47 bits per heavy atom. The molecule has 78 valence electrons. The predicted octanol–water partition coefficient (Wildman–Crippen LogP) is 2.87. The average molecular weight is 246 g/mol. The van der Waals surface area contributed by atoms with Crippen LogP contribution in [0.1, 0.15) is 0 Å². The summed E-state index contributed by atoms with van der Waals surface area (Å²) in [5.41, 5.74) is -0.512. The lowest BCUT2D eigenvalue weighted by molar-refractivity contribution is -0.383. The Hall–Kier alpha value is -1.53. The lowest BCUT2D eigenvalue weighted by Gasteiger charge is -2.00. The van der Waals surface area contributed by atoms with Crippen molar-refractivity contribution in [3.63, 3.8) is 0 Å². The summed E-state index contributed by atoms with van der Waals surface area (Å²) in [7, 11) is 0. The number of nitro benzene ring substituents is 1. The average Bonchev–Trinajstić information content (AvgIpc) is 2.49. The van der Waals surface area contributed by atoms with Crippen molar-refractivity contribution >= 4 is 38.7 Å². The van der Waals surface area contributed by atoms with Gasteiger partial charge < -0.3 is 10.2 Å². The summed E-state index contributed by atoms with van der Waals surface area (Å²) >= 11 is 6.82. The highest BCUT2D eigenvalue weighted by atomic mass is 35.5. The van der Waals surface area contributed by atoms with Crippen LogP contribution in [0.4, 0.5) is 5.69 Å². The largest absolute Gasteiger partial charge is 0.504 e. The zero-order valence-electron chi connectivity index (χ0n) is 7.10. The van der Waals surface area contributed by atoms with E-state index in [4.69, 9.17) is 11.6 Å². The Balaban J connectivity index is 2.97. The van der Waals surface area contributed by atoms with Crippen molar-refractivity contribution in [3.05, 3.63) is 26.6 Å².